The molecule has 6 heteroatoms. The first-order valence-electron chi connectivity index (χ1n) is 7.71. The highest BCUT2D eigenvalue weighted by Gasteiger charge is 2.25. The summed E-state index contributed by atoms with van der Waals surface area (Å²) < 4.78 is 5.53. The molecule has 2 amide bonds. The molecule has 5 nitrogen and oxygen atoms in total. The zero-order valence-corrected chi connectivity index (χ0v) is 13.9. The van der Waals surface area contributed by atoms with Crippen LogP contribution >= 0.6 is 11.8 Å². The Morgan fingerprint density at radius 1 is 1.12 bits per heavy atom. The number of amides is 2. The maximum atomic E-state index is 12.1. The topological polar surface area (TPSA) is 58.6 Å². The van der Waals surface area contributed by atoms with Crippen LogP contribution in [-0.2, 0) is 9.59 Å². The van der Waals surface area contributed by atoms with Crippen molar-refractivity contribution in [1.29, 1.82) is 0 Å². The molecule has 0 unspecified atom stereocenters. The van der Waals surface area contributed by atoms with Crippen molar-refractivity contribution in [2.24, 2.45) is 0 Å². The Bertz CT molecular complexity index is 721. The van der Waals surface area contributed by atoms with Gasteiger partial charge in [-0.1, -0.05) is 30.3 Å². The number of benzene rings is 2. The van der Waals surface area contributed by atoms with Crippen molar-refractivity contribution in [3.63, 3.8) is 0 Å². The van der Waals surface area contributed by atoms with Gasteiger partial charge >= 0.3 is 0 Å². The standard InChI is InChI=1S/C18H18N2O3S/c21-17(19-10-11-23-14-6-2-1-3-7-14)12-20-15-8-4-5-9-16(15)24-13-18(20)22/h1-9H,10-13H2,(H,19,21). The number of anilines is 1. The van der Waals surface area contributed by atoms with Crippen molar-refractivity contribution in [2.75, 3.05) is 30.3 Å². The predicted molar refractivity (Wildman–Crippen MR) is 94.5 cm³/mol. The summed E-state index contributed by atoms with van der Waals surface area (Å²) in [5, 5.41) is 2.79. The van der Waals surface area contributed by atoms with Crippen molar-refractivity contribution >= 4 is 29.3 Å². The molecule has 1 N–H and O–H groups in total. The number of hydrogen-bond acceptors (Lipinski definition) is 4. The van der Waals surface area contributed by atoms with Gasteiger partial charge in [-0.05, 0) is 24.3 Å². The first-order chi connectivity index (χ1) is 11.7. The summed E-state index contributed by atoms with van der Waals surface area (Å²) in [7, 11) is 0. The average molecular weight is 342 g/mol. The van der Waals surface area contributed by atoms with Crippen LogP contribution in [0.4, 0.5) is 5.69 Å². The fourth-order valence-corrected chi connectivity index (χ4v) is 3.34. The minimum absolute atomic E-state index is 0.0295. The highest BCUT2D eigenvalue weighted by Crippen LogP contribution is 2.34. The summed E-state index contributed by atoms with van der Waals surface area (Å²) in [6.45, 7) is 0.810. The molecule has 0 radical (unpaired) electrons. The lowest BCUT2D eigenvalue weighted by atomic mass is 10.2. The van der Waals surface area contributed by atoms with Gasteiger partial charge in [0.05, 0.1) is 18.0 Å². The number of carbonyl (C=O) groups is 2. The molecule has 124 valence electrons. The number of fused-ring (bicyclic) bond motifs is 1. The van der Waals surface area contributed by atoms with Crippen LogP contribution in [0.25, 0.3) is 0 Å². The van der Waals surface area contributed by atoms with Crippen molar-refractivity contribution < 1.29 is 14.3 Å². The van der Waals surface area contributed by atoms with Gasteiger partial charge in [-0.15, -0.1) is 11.8 Å². The third-order valence-corrected chi connectivity index (χ3v) is 4.59. The molecular weight excluding hydrogens is 324 g/mol. The minimum Gasteiger partial charge on any atom is -0.492 e. The lowest BCUT2D eigenvalue weighted by Gasteiger charge is -2.28. The van der Waals surface area contributed by atoms with Gasteiger partial charge in [0.15, 0.2) is 0 Å². The minimum atomic E-state index is -0.193. The first kappa shape index (κ1) is 16.4. The van der Waals surface area contributed by atoms with E-state index >= 15 is 0 Å². The van der Waals surface area contributed by atoms with Gasteiger partial charge in [0.1, 0.15) is 18.9 Å². The Morgan fingerprint density at radius 3 is 2.71 bits per heavy atom. The fourth-order valence-electron chi connectivity index (χ4n) is 2.40. The third-order valence-electron chi connectivity index (χ3n) is 3.55. The van der Waals surface area contributed by atoms with Crippen molar-refractivity contribution in [3.8, 4) is 5.75 Å². The Labute approximate surface area is 145 Å². The van der Waals surface area contributed by atoms with E-state index in [4.69, 9.17) is 4.74 Å². The Morgan fingerprint density at radius 2 is 1.88 bits per heavy atom. The Hall–Kier alpha value is -2.47. The molecule has 0 bridgehead atoms. The predicted octanol–water partition coefficient (Wildman–Crippen LogP) is 2.32. The molecule has 24 heavy (non-hydrogen) atoms. The highest BCUT2D eigenvalue weighted by molar-refractivity contribution is 8.00. The highest BCUT2D eigenvalue weighted by atomic mass is 32.2. The summed E-state index contributed by atoms with van der Waals surface area (Å²) in [5.74, 6) is 0.890. The first-order valence-corrected chi connectivity index (χ1v) is 8.69. The molecule has 3 rings (SSSR count). The number of ether oxygens (including phenoxy) is 1. The monoisotopic (exact) mass is 342 g/mol. The molecule has 0 saturated carbocycles. The number of nitrogens with zero attached hydrogens (tertiary/aromatic N) is 1. The van der Waals surface area contributed by atoms with Crippen LogP contribution in [0.3, 0.4) is 0 Å². The molecule has 0 fully saturated rings. The molecule has 0 spiro atoms. The second kappa shape index (κ2) is 7.88. The van der Waals surface area contributed by atoms with E-state index in [1.807, 2.05) is 54.6 Å². The maximum Gasteiger partial charge on any atom is 0.240 e. The van der Waals surface area contributed by atoms with Gasteiger partial charge < -0.3 is 15.0 Å². The van der Waals surface area contributed by atoms with Crippen LogP contribution in [0.2, 0.25) is 0 Å². The van der Waals surface area contributed by atoms with Crippen LogP contribution in [0.15, 0.2) is 59.5 Å². The molecule has 1 heterocycles. The van der Waals surface area contributed by atoms with Crippen LogP contribution < -0.4 is 15.0 Å². The van der Waals surface area contributed by atoms with Gasteiger partial charge in [-0.25, -0.2) is 0 Å². The van der Waals surface area contributed by atoms with Gasteiger partial charge in [-0.3, -0.25) is 9.59 Å². The number of thioether (sulfide) groups is 1. The van der Waals surface area contributed by atoms with Crippen LogP contribution in [0.1, 0.15) is 0 Å². The van der Waals surface area contributed by atoms with E-state index in [0.29, 0.717) is 18.9 Å². The van der Waals surface area contributed by atoms with Gasteiger partial charge in [0.25, 0.3) is 0 Å². The van der Waals surface area contributed by atoms with Gasteiger partial charge in [0.2, 0.25) is 11.8 Å². The van der Waals surface area contributed by atoms with Crippen LogP contribution in [0.5, 0.6) is 5.75 Å². The SMILES string of the molecule is O=C(CN1C(=O)CSc2ccccc21)NCCOc1ccccc1. The normalized spacial score (nSPS) is 13.3. The lowest BCUT2D eigenvalue weighted by Crippen LogP contribution is -2.44. The smallest absolute Gasteiger partial charge is 0.240 e. The molecule has 1 aliphatic rings. The number of rotatable bonds is 6. The number of para-hydroxylation sites is 2. The average Bonchev–Trinajstić information content (AvgIpc) is 2.62. The molecule has 0 saturated heterocycles. The van der Waals surface area contributed by atoms with Gasteiger partial charge in [-0.2, -0.15) is 0 Å². The molecule has 2 aromatic carbocycles. The number of carbonyl (C=O) groups excluding carboxylic acids is 2. The summed E-state index contributed by atoms with van der Waals surface area (Å²) in [6, 6.07) is 17.1. The zero-order valence-electron chi connectivity index (χ0n) is 13.1. The fraction of sp³-hybridized carbons (Fsp3) is 0.222. The van der Waals surface area contributed by atoms with E-state index < -0.39 is 0 Å². The second-order valence-electron chi connectivity index (χ2n) is 5.25. The number of nitrogens with one attached hydrogen (secondary N) is 1. The summed E-state index contributed by atoms with van der Waals surface area (Å²) in [4.78, 5) is 26.8. The summed E-state index contributed by atoms with van der Waals surface area (Å²) >= 11 is 1.50. The lowest BCUT2D eigenvalue weighted by molar-refractivity contribution is -0.123. The summed E-state index contributed by atoms with van der Waals surface area (Å²) in [6.07, 6.45) is 0. The summed E-state index contributed by atoms with van der Waals surface area (Å²) in [5.41, 5.74) is 0.800. The van der Waals surface area contributed by atoms with E-state index in [1.165, 1.54) is 11.8 Å². The Balaban J connectivity index is 1.49. The van der Waals surface area contributed by atoms with E-state index in [9.17, 15) is 9.59 Å². The second-order valence-corrected chi connectivity index (χ2v) is 6.26. The quantitative estimate of drug-likeness (QED) is 0.819. The third kappa shape index (κ3) is 4.08. The zero-order chi connectivity index (χ0) is 16.8. The van der Waals surface area contributed by atoms with Crippen LogP contribution in [0, 0.1) is 0 Å². The molecular formula is C18H18N2O3S. The largest absolute Gasteiger partial charge is 0.492 e. The molecule has 2 aromatic rings. The molecule has 1 aliphatic heterocycles. The molecule has 0 atom stereocenters. The van der Waals surface area contributed by atoms with Gasteiger partial charge in [0, 0.05) is 4.90 Å². The van der Waals surface area contributed by atoms with Crippen molar-refractivity contribution in [3.05, 3.63) is 54.6 Å². The van der Waals surface area contributed by atoms with E-state index in [2.05, 4.69) is 5.32 Å². The van der Waals surface area contributed by atoms with Crippen molar-refractivity contribution in [1.82, 2.24) is 5.32 Å². The molecule has 0 aliphatic carbocycles. The van der Waals surface area contributed by atoms with Crippen LogP contribution in [-0.4, -0.2) is 37.3 Å². The van der Waals surface area contributed by atoms with E-state index in [1.54, 1.807) is 4.90 Å². The number of hydrogen-bond donors (Lipinski definition) is 1. The Kier molecular flexibility index (Phi) is 5.38. The van der Waals surface area contributed by atoms with E-state index in [0.717, 1.165) is 16.3 Å². The maximum absolute atomic E-state index is 12.1. The molecule has 0 aromatic heterocycles. The van der Waals surface area contributed by atoms with Crippen molar-refractivity contribution in [2.45, 2.75) is 4.90 Å². The van der Waals surface area contributed by atoms with E-state index in [-0.39, 0.29) is 18.4 Å².